The molecule has 0 aromatic heterocycles. The first kappa shape index (κ1) is 23.1. The Hall–Kier alpha value is -2.55. The molecule has 1 N–H and O–H groups in total. The Bertz CT molecular complexity index is 1180. The van der Waals surface area contributed by atoms with Gasteiger partial charge < -0.3 is 9.47 Å². The van der Waals surface area contributed by atoms with E-state index < -0.39 is 10.0 Å². The topological polar surface area (TPSA) is 77.0 Å². The molecule has 6 nitrogen and oxygen atoms in total. The van der Waals surface area contributed by atoms with Crippen LogP contribution in [0.1, 0.15) is 16.7 Å². The fraction of sp³-hybridized carbons (Fsp3) is 0.136. The highest BCUT2D eigenvalue weighted by atomic mass is 79.9. The second kappa shape index (κ2) is 10.2. The summed E-state index contributed by atoms with van der Waals surface area (Å²) < 4.78 is 36.6. The van der Waals surface area contributed by atoms with Crippen LogP contribution in [0.4, 0.5) is 0 Å². The maximum Gasteiger partial charge on any atom is 0.276 e. The van der Waals surface area contributed by atoms with Gasteiger partial charge in [0.1, 0.15) is 6.61 Å². The lowest BCUT2D eigenvalue weighted by Crippen LogP contribution is -2.18. The van der Waals surface area contributed by atoms with Crippen LogP contribution in [-0.2, 0) is 16.6 Å². The van der Waals surface area contributed by atoms with E-state index in [1.807, 2.05) is 31.2 Å². The number of hydrazone groups is 1. The molecule has 0 heterocycles. The number of sulfonamides is 1. The zero-order valence-electron chi connectivity index (χ0n) is 16.8. The number of nitrogens with zero attached hydrogens (tertiary/aromatic N) is 1. The van der Waals surface area contributed by atoms with E-state index in [1.54, 1.807) is 12.1 Å². The predicted molar refractivity (Wildman–Crippen MR) is 126 cm³/mol. The van der Waals surface area contributed by atoms with Gasteiger partial charge in [0.25, 0.3) is 10.0 Å². The lowest BCUT2D eigenvalue weighted by Gasteiger charge is -2.13. The molecular weight excluding hydrogens is 504 g/mol. The average molecular weight is 524 g/mol. The fourth-order valence-electron chi connectivity index (χ4n) is 2.63. The molecule has 0 unspecified atom stereocenters. The van der Waals surface area contributed by atoms with Crippen LogP contribution in [0.5, 0.6) is 11.5 Å². The highest BCUT2D eigenvalue weighted by molar-refractivity contribution is 9.10. The maximum absolute atomic E-state index is 12.3. The summed E-state index contributed by atoms with van der Waals surface area (Å²) in [6, 6.07) is 17.3. The summed E-state index contributed by atoms with van der Waals surface area (Å²) in [5, 5.41) is 4.30. The number of hydrogen-bond acceptors (Lipinski definition) is 5. The number of ether oxygens (including phenoxy) is 2. The molecule has 3 rings (SSSR count). The molecule has 3 aromatic carbocycles. The normalized spacial score (nSPS) is 11.5. The largest absolute Gasteiger partial charge is 0.493 e. The standard InChI is InChI=1S/C22H20BrClN2O4S/c1-15-3-5-16(6-4-15)14-30-22-20(23)11-17(12-21(22)29-2)13-25-26-31(27,28)19-9-7-18(24)8-10-19/h3-13,26H,14H2,1-2H3/b25-13-. The zero-order valence-corrected chi connectivity index (χ0v) is 20.0. The van der Waals surface area contributed by atoms with E-state index in [0.717, 1.165) is 5.56 Å². The molecule has 0 spiro atoms. The first-order chi connectivity index (χ1) is 14.8. The number of hydrogen-bond donors (Lipinski definition) is 1. The van der Waals surface area contributed by atoms with Crippen molar-refractivity contribution < 1.29 is 17.9 Å². The molecule has 0 aliphatic rings. The number of halogens is 2. The summed E-state index contributed by atoms with van der Waals surface area (Å²) in [4.78, 5) is 2.24. The molecule has 0 radical (unpaired) electrons. The third-order valence-corrected chi connectivity index (χ3v) is 6.35. The molecule has 3 aromatic rings. The Labute approximate surface area is 195 Å². The number of nitrogens with one attached hydrogen (secondary N) is 1. The van der Waals surface area contributed by atoms with E-state index in [9.17, 15) is 8.42 Å². The molecule has 0 aliphatic heterocycles. The predicted octanol–water partition coefficient (Wildman–Crippen LogP) is 5.31. The summed E-state index contributed by atoms with van der Waals surface area (Å²) in [6.07, 6.45) is 1.38. The average Bonchev–Trinajstić information content (AvgIpc) is 2.74. The van der Waals surface area contributed by atoms with Crippen LogP contribution in [0.3, 0.4) is 0 Å². The van der Waals surface area contributed by atoms with E-state index >= 15 is 0 Å². The number of rotatable bonds is 8. The minimum absolute atomic E-state index is 0.0627. The van der Waals surface area contributed by atoms with Gasteiger partial charge in [0.2, 0.25) is 0 Å². The van der Waals surface area contributed by atoms with Crippen molar-refractivity contribution in [2.45, 2.75) is 18.4 Å². The number of aryl methyl sites for hydroxylation is 1. The van der Waals surface area contributed by atoms with E-state index in [0.29, 0.717) is 33.2 Å². The lowest BCUT2D eigenvalue weighted by molar-refractivity contribution is 0.282. The highest BCUT2D eigenvalue weighted by Crippen LogP contribution is 2.36. The molecule has 162 valence electrons. The van der Waals surface area contributed by atoms with Crippen molar-refractivity contribution >= 4 is 43.8 Å². The van der Waals surface area contributed by atoms with Crippen LogP contribution < -0.4 is 14.3 Å². The Morgan fingerprint density at radius 3 is 2.42 bits per heavy atom. The fourth-order valence-corrected chi connectivity index (χ4v) is 4.12. The third kappa shape index (κ3) is 6.22. The van der Waals surface area contributed by atoms with Gasteiger partial charge >= 0.3 is 0 Å². The smallest absolute Gasteiger partial charge is 0.276 e. The third-order valence-electron chi connectivity index (χ3n) is 4.27. The molecule has 0 fully saturated rings. The Morgan fingerprint density at radius 2 is 1.77 bits per heavy atom. The second-order valence-corrected chi connectivity index (χ2v) is 9.57. The van der Waals surface area contributed by atoms with Crippen LogP contribution in [0, 0.1) is 6.92 Å². The Balaban J connectivity index is 1.72. The van der Waals surface area contributed by atoms with Crippen LogP contribution in [0.15, 0.2) is 75.1 Å². The van der Waals surface area contributed by atoms with E-state index in [1.165, 1.54) is 43.2 Å². The van der Waals surface area contributed by atoms with E-state index in [4.69, 9.17) is 21.1 Å². The van der Waals surface area contributed by atoms with Gasteiger partial charge in [0, 0.05) is 5.02 Å². The van der Waals surface area contributed by atoms with E-state index in [2.05, 4.69) is 25.9 Å². The maximum atomic E-state index is 12.3. The van der Waals surface area contributed by atoms with Gasteiger partial charge in [-0.05, 0) is 70.4 Å². The summed E-state index contributed by atoms with van der Waals surface area (Å²) >= 11 is 9.28. The van der Waals surface area contributed by atoms with E-state index in [-0.39, 0.29) is 4.90 Å². The lowest BCUT2D eigenvalue weighted by atomic mass is 10.2. The van der Waals surface area contributed by atoms with Crippen molar-refractivity contribution in [1.82, 2.24) is 4.83 Å². The van der Waals surface area contributed by atoms with Crippen molar-refractivity contribution in [2.24, 2.45) is 5.10 Å². The minimum atomic E-state index is -3.80. The van der Waals surface area contributed by atoms with Crippen LogP contribution in [0.2, 0.25) is 5.02 Å². The van der Waals surface area contributed by atoms with Crippen LogP contribution >= 0.6 is 27.5 Å². The molecule has 0 saturated heterocycles. The van der Waals surface area contributed by atoms with Gasteiger partial charge in [-0.2, -0.15) is 13.5 Å². The summed E-state index contributed by atoms with van der Waals surface area (Å²) in [7, 11) is -2.27. The van der Waals surface area contributed by atoms with Gasteiger partial charge in [-0.15, -0.1) is 0 Å². The van der Waals surface area contributed by atoms with Crippen LogP contribution in [-0.4, -0.2) is 21.7 Å². The first-order valence-electron chi connectivity index (χ1n) is 9.15. The number of benzene rings is 3. The highest BCUT2D eigenvalue weighted by Gasteiger charge is 2.14. The molecule has 31 heavy (non-hydrogen) atoms. The Morgan fingerprint density at radius 1 is 1.10 bits per heavy atom. The van der Waals surface area contributed by atoms with Crippen LogP contribution in [0.25, 0.3) is 0 Å². The molecule has 0 amide bonds. The number of methoxy groups -OCH3 is 1. The molecular formula is C22H20BrClN2O4S. The van der Waals surface area contributed by atoms with Gasteiger partial charge in [0.15, 0.2) is 11.5 Å². The summed E-state index contributed by atoms with van der Waals surface area (Å²) in [6.45, 7) is 2.41. The summed E-state index contributed by atoms with van der Waals surface area (Å²) in [5.41, 5.74) is 2.82. The molecule has 0 bridgehead atoms. The van der Waals surface area contributed by atoms with Crippen molar-refractivity contribution in [1.29, 1.82) is 0 Å². The summed E-state index contributed by atoms with van der Waals surface area (Å²) in [5.74, 6) is 1.03. The minimum Gasteiger partial charge on any atom is -0.493 e. The van der Waals surface area contributed by atoms with Crippen molar-refractivity contribution in [2.75, 3.05) is 7.11 Å². The van der Waals surface area contributed by atoms with Crippen molar-refractivity contribution in [3.8, 4) is 11.5 Å². The van der Waals surface area contributed by atoms with Gasteiger partial charge in [-0.25, -0.2) is 4.83 Å². The molecule has 0 aliphatic carbocycles. The van der Waals surface area contributed by atoms with Crippen molar-refractivity contribution in [3.63, 3.8) is 0 Å². The second-order valence-electron chi connectivity index (χ2n) is 6.62. The molecule has 0 atom stereocenters. The zero-order chi connectivity index (χ0) is 22.4. The Kier molecular flexibility index (Phi) is 7.59. The van der Waals surface area contributed by atoms with Crippen molar-refractivity contribution in [3.05, 3.63) is 86.8 Å². The van der Waals surface area contributed by atoms with Gasteiger partial charge in [-0.3, -0.25) is 0 Å². The quantitative estimate of drug-likeness (QED) is 0.321. The monoisotopic (exact) mass is 522 g/mol. The first-order valence-corrected chi connectivity index (χ1v) is 11.8. The van der Waals surface area contributed by atoms with Gasteiger partial charge in [-0.1, -0.05) is 41.4 Å². The molecule has 0 saturated carbocycles. The SMILES string of the molecule is COc1cc(/C=N\NS(=O)(=O)c2ccc(Cl)cc2)cc(Br)c1OCc1ccc(C)cc1. The van der Waals surface area contributed by atoms with Gasteiger partial charge in [0.05, 0.1) is 22.7 Å². The molecule has 9 heteroatoms.